The molecule has 2 aromatic carbocycles. The van der Waals surface area contributed by atoms with E-state index >= 15 is 0 Å². The SMILES string of the molecule is O=C1NCCCCN(C(=O)Cc2ccc(F)cc2)CCCCOc2ccc(Cl)cc21. The van der Waals surface area contributed by atoms with Gasteiger partial charge in [0.2, 0.25) is 5.91 Å². The van der Waals surface area contributed by atoms with Crippen molar-refractivity contribution in [3.8, 4) is 5.75 Å². The minimum Gasteiger partial charge on any atom is -0.493 e. The first-order valence-electron chi connectivity index (χ1n) is 10.3. The van der Waals surface area contributed by atoms with E-state index < -0.39 is 0 Å². The lowest BCUT2D eigenvalue weighted by Gasteiger charge is -2.23. The summed E-state index contributed by atoms with van der Waals surface area (Å²) in [6, 6.07) is 11.1. The van der Waals surface area contributed by atoms with Crippen LogP contribution in [0.4, 0.5) is 4.39 Å². The number of hydrogen-bond donors (Lipinski definition) is 1. The highest BCUT2D eigenvalue weighted by Crippen LogP contribution is 2.23. The number of nitrogens with one attached hydrogen (secondary N) is 1. The van der Waals surface area contributed by atoms with Crippen LogP contribution in [-0.2, 0) is 11.2 Å². The molecule has 2 aromatic rings. The van der Waals surface area contributed by atoms with Gasteiger partial charge in [-0.3, -0.25) is 9.59 Å². The van der Waals surface area contributed by atoms with Gasteiger partial charge in [-0.05, 0) is 61.6 Å². The van der Waals surface area contributed by atoms with E-state index in [0.29, 0.717) is 42.6 Å². The van der Waals surface area contributed by atoms with E-state index in [4.69, 9.17) is 16.3 Å². The van der Waals surface area contributed by atoms with E-state index in [0.717, 1.165) is 31.2 Å². The van der Waals surface area contributed by atoms with Crippen LogP contribution in [0.5, 0.6) is 5.75 Å². The maximum Gasteiger partial charge on any atom is 0.255 e. The van der Waals surface area contributed by atoms with Crippen LogP contribution < -0.4 is 10.1 Å². The molecule has 0 saturated carbocycles. The molecular formula is C23H26ClFN2O3. The summed E-state index contributed by atoms with van der Waals surface area (Å²) in [4.78, 5) is 27.1. The van der Waals surface area contributed by atoms with Gasteiger partial charge in [0.25, 0.3) is 5.91 Å². The Labute approximate surface area is 181 Å². The van der Waals surface area contributed by atoms with Gasteiger partial charge in [0, 0.05) is 24.7 Å². The molecule has 0 aliphatic carbocycles. The fourth-order valence-electron chi connectivity index (χ4n) is 3.37. The summed E-state index contributed by atoms with van der Waals surface area (Å²) in [5.41, 5.74) is 1.24. The first-order chi connectivity index (χ1) is 14.5. The van der Waals surface area contributed by atoms with Crippen LogP contribution >= 0.6 is 11.6 Å². The molecule has 160 valence electrons. The summed E-state index contributed by atoms with van der Waals surface area (Å²) < 4.78 is 18.9. The number of halogens is 2. The summed E-state index contributed by atoms with van der Waals surface area (Å²) in [7, 11) is 0. The topological polar surface area (TPSA) is 58.6 Å². The van der Waals surface area contributed by atoms with E-state index in [1.165, 1.54) is 12.1 Å². The molecule has 5 nitrogen and oxygen atoms in total. The van der Waals surface area contributed by atoms with Crippen LogP contribution in [0.1, 0.15) is 41.6 Å². The molecule has 1 aliphatic heterocycles. The molecule has 30 heavy (non-hydrogen) atoms. The van der Waals surface area contributed by atoms with Gasteiger partial charge in [0.1, 0.15) is 11.6 Å². The number of carbonyl (C=O) groups excluding carboxylic acids is 2. The molecule has 0 fully saturated rings. The van der Waals surface area contributed by atoms with Gasteiger partial charge in [-0.25, -0.2) is 4.39 Å². The zero-order valence-electron chi connectivity index (χ0n) is 16.8. The summed E-state index contributed by atoms with van der Waals surface area (Å²) in [5, 5.41) is 3.38. The molecule has 0 saturated heterocycles. The number of nitrogens with zero attached hydrogens (tertiary/aromatic N) is 1. The van der Waals surface area contributed by atoms with Crippen molar-refractivity contribution < 1.29 is 18.7 Å². The lowest BCUT2D eigenvalue weighted by Crippen LogP contribution is -2.35. The first kappa shape index (κ1) is 22.1. The van der Waals surface area contributed by atoms with Gasteiger partial charge in [0.15, 0.2) is 0 Å². The zero-order chi connectivity index (χ0) is 21.3. The van der Waals surface area contributed by atoms with Crippen LogP contribution in [0.3, 0.4) is 0 Å². The van der Waals surface area contributed by atoms with E-state index in [1.54, 1.807) is 30.3 Å². The molecule has 0 unspecified atom stereocenters. The number of rotatable bonds is 2. The van der Waals surface area contributed by atoms with Crippen LogP contribution in [-0.4, -0.2) is 43.0 Å². The molecule has 0 radical (unpaired) electrons. The summed E-state index contributed by atoms with van der Waals surface area (Å²) >= 11 is 6.03. The number of ether oxygens (including phenoxy) is 1. The standard InChI is InChI=1S/C23H26ClFN2O3/c24-18-7-10-21-20(16-18)23(29)26-11-1-2-12-27(13-3-4-14-30-21)22(28)15-17-5-8-19(25)9-6-17/h5-10,16H,1-4,11-15H2,(H,26,29). The predicted molar refractivity (Wildman–Crippen MR) is 114 cm³/mol. The van der Waals surface area contributed by atoms with Crippen molar-refractivity contribution in [1.29, 1.82) is 0 Å². The summed E-state index contributed by atoms with van der Waals surface area (Å²) in [6.45, 7) is 2.22. The molecule has 0 atom stereocenters. The van der Waals surface area contributed by atoms with Crippen molar-refractivity contribution >= 4 is 23.4 Å². The Bertz CT molecular complexity index is 873. The minimum absolute atomic E-state index is 0.0265. The fraction of sp³-hybridized carbons (Fsp3) is 0.391. The minimum atomic E-state index is -0.310. The third-order valence-corrected chi connectivity index (χ3v) is 5.26. The first-order valence-corrected chi connectivity index (χ1v) is 10.6. The van der Waals surface area contributed by atoms with Gasteiger partial charge in [0.05, 0.1) is 18.6 Å². The van der Waals surface area contributed by atoms with Crippen LogP contribution in [0.2, 0.25) is 5.02 Å². The van der Waals surface area contributed by atoms with Gasteiger partial charge < -0.3 is 15.0 Å². The fourth-order valence-corrected chi connectivity index (χ4v) is 3.54. The van der Waals surface area contributed by atoms with E-state index in [2.05, 4.69) is 5.32 Å². The number of hydrogen-bond acceptors (Lipinski definition) is 3. The lowest BCUT2D eigenvalue weighted by molar-refractivity contribution is -0.130. The maximum atomic E-state index is 13.1. The maximum absolute atomic E-state index is 13.1. The average molecular weight is 433 g/mol. The Morgan fingerprint density at radius 3 is 2.57 bits per heavy atom. The second-order valence-corrected chi connectivity index (χ2v) is 7.78. The van der Waals surface area contributed by atoms with Gasteiger partial charge in [-0.2, -0.15) is 0 Å². The molecule has 0 spiro atoms. The Hall–Kier alpha value is -2.60. The van der Waals surface area contributed by atoms with Crippen molar-refractivity contribution in [1.82, 2.24) is 10.2 Å². The molecule has 7 heteroatoms. The summed E-state index contributed by atoms with van der Waals surface area (Å²) in [6.07, 6.45) is 3.34. The highest BCUT2D eigenvalue weighted by Gasteiger charge is 2.16. The van der Waals surface area contributed by atoms with E-state index in [-0.39, 0.29) is 24.1 Å². The van der Waals surface area contributed by atoms with Gasteiger partial charge in [-0.1, -0.05) is 23.7 Å². The quantitative estimate of drug-likeness (QED) is 0.772. The Balaban J connectivity index is 1.61. The Morgan fingerprint density at radius 2 is 1.80 bits per heavy atom. The summed E-state index contributed by atoms with van der Waals surface area (Å²) in [5.74, 6) is 0.0148. The third kappa shape index (κ3) is 6.46. The highest BCUT2D eigenvalue weighted by atomic mass is 35.5. The van der Waals surface area contributed by atoms with Crippen LogP contribution in [0, 0.1) is 5.82 Å². The smallest absolute Gasteiger partial charge is 0.255 e. The molecule has 0 bridgehead atoms. The highest BCUT2D eigenvalue weighted by molar-refractivity contribution is 6.31. The Kier molecular flexibility index (Phi) is 8.08. The molecule has 0 aromatic heterocycles. The number of amides is 2. The molecule has 3 rings (SSSR count). The van der Waals surface area contributed by atoms with Crippen molar-refractivity contribution in [2.75, 3.05) is 26.2 Å². The largest absolute Gasteiger partial charge is 0.493 e. The van der Waals surface area contributed by atoms with Crippen molar-refractivity contribution in [3.63, 3.8) is 0 Å². The van der Waals surface area contributed by atoms with Gasteiger partial charge in [-0.15, -0.1) is 0 Å². The zero-order valence-corrected chi connectivity index (χ0v) is 17.6. The van der Waals surface area contributed by atoms with Crippen molar-refractivity contribution in [3.05, 3.63) is 64.4 Å². The molecule has 2 amide bonds. The van der Waals surface area contributed by atoms with Crippen LogP contribution in [0.15, 0.2) is 42.5 Å². The van der Waals surface area contributed by atoms with Crippen molar-refractivity contribution in [2.45, 2.75) is 32.1 Å². The van der Waals surface area contributed by atoms with E-state index in [1.807, 2.05) is 4.90 Å². The van der Waals surface area contributed by atoms with Gasteiger partial charge >= 0.3 is 0 Å². The Morgan fingerprint density at radius 1 is 1.07 bits per heavy atom. The van der Waals surface area contributed by atoms with Crippen molar-refractivity contribution in [2.24, 2.45) is 0 Å². The molecular weight excluding hydrogens is 407 g/mol. The molecule has 1 heterocycles. The average Bonchev–Trinajstić information content (AvgIpc) is 2.73. The van der Waals surface area contributed by atoms with Crippen LogP contribution in [0.25, 0.3) is 0 Å². The normalized spacial score (nSPS) is 16.1. The number of carbonyl (C=O) groups is 2. The molecule has 1 N–H and O–H groups in total. The third-order valence-electron chi connectivity index (χ3n) is 5.03. The monoisotopic (exact) mass is 432 g/mol. The van der Waals surface area contributed by atoms with E-state index in [9.17, 15) is 14.0 Å². The lowest BCUT2D eigenvalue weighted by atomic mass is 10.1. The second kappa shape index (κ2) is 11.0. The number of benzene rings is 2. The predicted octanol–water partition coefficient (Wildman–Crippen LogP) is 4.23. The molecule has 1 aliphatic rings. The number of fused-ring (bicyclic) bond motifs is 1. The second-order valence-electron chi connectivity index (χ2n) is 7.34.